The van der Waals surface area contributed by atoms with Crippen molar-refractivity contribution in [1.82, 2.24) is 0 Å². The van der Waals surface area contributed by atoms with Crippen molar-refractivity contribution in [3.63, 3.8) is 0 Å². The van der Waals surface area contributed by atoms with Gasteiger partial charge in [-0.25, -0.2) is 0 Å². The highest BCUT2D eigenvalue weighted by Gasteiger charge is 2.50. The van der Waals surface area contributed by atoms with Crippen LogP contribution in [0.25, 0.3) is 0 Å². The molecule has 2 aliphatic heterocycles. The first-order valence-electron chi connectivity index (χ1n) is 6.95. The Balaban J connectivity index is 1.66. The molecule has 0 aromatic heterocycles. The van der Waals surface area contributed by atoms with Crippen LogP contribution >= 0.6 is 15.9 Å². The normalized spacial score (nSPS) is 30.8. The molecule has 0 radical (unpaired) electrons. The molecule has 3 aliphatic rings. The number of benzene rings is 1. The Morgan fingerprint density at radius 2 is 2.05 bits per heavy atom. The molecule has 1 saturated heterocycles. The van der Waals surface area contributed by atoms with Crippen LogP contribution in [-0.4, -0.2) is 30.9 Å². The Bertz CT molecular complexity index is 565. The molecule has 1 aliphatic carbocycles. The van der Waals surface area contributed by atoms with Gasteiger partial charge in [0, 0.05) is 17.3 Å². The third-order valence-corrected chi connectivity index (χ3v) is 4.93. The van der Waals surface area contributed by atoms with E-state index in [4.69, 9.17) is 14.2 Å². The number of ketones is 1. The molecule has 2 fully saturated rings. The molecule has 1 spiro atoms. The summed E-state index contributed by atoms with van der Waals surface area (Å²) in [4.78, 5) is 12.6. The van der Waals surface area contributed by atoms with E-state index in [0.717, 1.165) is 17.3 Å². The number of rotatable bonds is 0. The van der Waals surface area contributed by atoms with E-state index in [0.29, 0.717) is 30.9 Å². The molecule has 0 bridgehead atoms. The average Bonchev–Trinajstić information content (AvgIpc) is 2.88. The number of hydrogen-bond donors (Lipinski definition) is 0. The summed E-state index contributed by atoms with van der Waals surface area (Å²) in [5.74, 6) is 0.268. The van der Waals surface area contributed by atoms with Gasteiger partial charge in [0.1, 0.15) is 11.9 Å². The third-order valence-electron chi connectivity index (χ3n) is 4.43. The van der Waals surface area contributed by atoms with Crippen molar-refractivity contribution in [3.05, 3.63) is 28.2 Å². The van der Waals surface area contributed by atoms with Crippen molar-refractivity contribution >= 4 is 21.7 Å². The minimum absolute atomic E-state index is 0.0739. The molecule has 0 unspecified atom stereocenters. The van der Waals surface area contributed by atoms with Crippen molar-refractivity contribution in [1.29, 1.82) is 0 Å². The van der Waals surface area contributed by atoms with E-state index < -0.39 is 5.79 Å². The molecule has 20 heavy (non-hydrogen) atoms. The highest BCUT2D eigenvalue weighted by atomic mass is 79.9. The Kier molecular flexibility index (Phi) is 2.91. The molecule has 4 rings (SSSR count). The highest BCUT2D eigenvalue weighted by Crippen LogP contribution is 2.44. The average molecular weight is 339 g/mol. The molecule has 2 atom stereocenters. The van der Waals surface area contributed by atoms with Gasteiger partial charge in [-0.2, -0.15) is 0 Å². The summed E-state index contributed by atoms with van der Waals surface area (Å²) >= 11 is 3.41. The van der Waals surface area contributed by atoms with Crippen LogP contribution in [0.1, 0.15) is 29.6 Å². The minimum atomic E-state index is -0.520. The van der Waals surface area contributed by atoms with Crippen molar-refractivity contribution in [2.24, 2.45) is 5.92 Å². The number of ether oxygens (including phenoxy) is 3. The minimum Gasteiger partial charge on any atom is -0.489 e. The fourth-order valence-electron chi connectivity index (χ4n) is 3.46. The first-order valence-corrected chi connectivity index (χ1v) is 7.75. The molecule has 0 amide bonds. The maximum Gasteiger partial charge on any atom is 0.173 e. The van der Waals surface area contributed by atoms with Gasteiger partial charge in [-0.3, -0.25) is 4.79 Å². The summed E-state index contributed by atoms with van der Waals surface area (Å²) in [6, 6.07) is 5.60. The summed E-state index contributed by atoms with van der Waals surface area (Å²) < 4.78 is 18.5. The lowest BCUT2D eigenvalue weighted by Crippen LogP contribution is -2.49. The van der Waals surface area contributed by atoms with Gasteiger partial charge in [0.25, 0.3) is 0 Å². The van der Waals surface area contributed by atoms with Crippen LogP contribution < -0.4 is 4.74 Å². The standard InChI is InChI=1S/C15H15BrO4/c16-9-1-2-12-11(7-9)14(17)10-3-4-15(8-13(10)20-12)18-5-6-19-15/h1-2,7,10,13H,3-6,8H2/t10-,13-/m0/s1. The lowest BCUT2D eigenvalue weighted by molar-refractivity contribution is -0.199. The maximum atomic E-state index is 12.6. The van der Waals surface area contributed by atoms with Gasteiger partial charge >= 0.3 is 0 Å². The van der Waals surface area contributed by atoms with Crippen LogP contribution in [0.2, 0.25) is 0 Å². The molecule has 1 aromatic rings. The van der Waals surface area contributed by atoms with Crippen LogP contribution in [-0.2, 0) is 9.47 Å². The Hall–Kier alpha value is -0.910. The predicted octanol–water partition coefficient (Wildman–Crippen LogP) is 2.94. The van der Waals surface area contributed by atoms with Crippen LogP contribution in [0.3, 0.4) is 0 Å². The molecule has 4 nitrogen and oxygen atoms in total. The SMILES string of the molecule is O=C1c2cc(Br)ccc2O[C@H]2CC3(CC[C@H]12)OCCO3. The van der Waals surface area contributed by atoms with E-state index in [2.05, 4.69) is 15.9 Å². The second-order valence-electron chi connectivity index (χ2n) is 5.62. The van der Waals surface area contributed by atoms with Gasteiger partial charge in [-0.05, 0) is 24.6 Å². The number of halogens is 1. The lowest BCUT2D eigenvalue weighted by Gasteiger charge is -2.42. The van der Waals surface area contributed by atoms with Crippen LogP contribution in [0.4, 0.5) is 0 Å². The zero-order valence-corrected chi connectivity index (χ0v) is 12.5. The quantitative estimate of drug-likeness (QED) is 0.729. The number of Topliss-reactive ketones (excluding diaryl/α,β-unsaturated/α-hetero) is 1. The molecule has 0 N–H and O–H groups in total. The summed E-state index contributed by atoms with van der Waals surface area (Å²) in [6.07, 6.45) is 2.03. The van der Waals surface area contributed by atoms with Crippen molar-refractivity contribution < 1.29 is 19.0 Å². The van der Waals surface area contributed by atoms with E-state index in [1.54, 1.807) is 0 Å². The Morgan fingerprint density at radius 1 is 1.25 bits per heavy atom. The molecule has 1 aromatic carbocycles. The molecule has 2 heterocycles. The van der Waals surface area contributed by atoms with E-state index >= 15 is 0 Å². The van der Waals surface area contributed by atoms with E-state index in [1.807, 2.05) is 18.2 Å². The zero-order valence-electron chi connectivity index (χ0n) is 10.9. The van der Waals surface area contributed by atoms with Gasteiger partial charge in [0.2, 0.25) is 0 Å². The third kappa shape index (κ3) is 1.91. The topological polar surface area (TPSA) is 44.8 Å². The summed E-state index contributed by atoms with van der Waals surface area (Å²) in [5, 5.41) is 0. The van der Waals surface area contributed by atoms with Crippen molar-refractivity contribution in [2.45, 2.75) is 31.2 Å². The number of hydrogen-bond acceptors (Lipinski definition) is 4. The van der Waals surface area contributed by atoms with E-state index in [-0.39, 0.29) is 17.8 Å². The van der Waals surface area contributed by atoms with Crippen LogP contribution in [0.15, 0.2) is 22.7 Å². The van der Waals surface area contributed by atoms with Crippen LogP contribution in [0, 0.1) is 5.92 Å². The molecular weight excluding hydrogens is 324 g/mol. The number of fused-ring (bicyclic) bond motifs is 2. The van der Waals surface area contributed by atoms with Gasteiger partial charge < -0.3 is 14.2 Å². The highest BCUT2D eigenvalue weighted by molar-refractivity contribution is 9.10. The van der Waals surface area contributed by atoms with E-state index in [1.165, 1.54) is 0 Å². The van der Waals surface area contributed by atoms with Gasteiger partial charge in [0.05, 0.1) is 24.7 Å². The zero-order chi connectivity index (χ0) is 13.7. The first-order chi connectivity index (χ1) is 9.67. The van der Waals surface area contributed by atoms with Gasteiger partial charge in [-0.15, -0.1) is 0 Å². The number of carbonyl (C=O) groups excluding carboxylic acids is 1. The second kappa shape index (κ2) is 4.55. The summed E-state index contributed by atoms with van der Waals surface area (Å²) in [6.45, 7) is 1.27. The Morgan fingerprint density at radius 3 is 2.85 bits per heavy atom. The second-order valence-corrected chi connectivity index (χ2v) is 6.53. The van der Waals surface area contributed by atoms with Crippen molar-refractivity contribution in [3.8, 4) is 5.75 Å². The van der Waals surface area contributed by atoms with Crippen molar-refractivity contribution in [2.75, 3.05) is 13.2 Å². The molecule has 106 valence electrons. The van der Waals surface area contributed by atoms with Crippen LogP contribution in [0.5, 0.6) is 5.75 Å². The Labute approximate surface area is 125 Å². The van der Waals surface area contributed by atoms with E-state index in [9.17, 15) is 4.79 Å². The molecule has 5 heteroatoms. The number of carbonyl (C=O) groups is 1. The fraction of sp³-hybridized carbons (Fsp3) is 0.533. The monoisotopic (exact) mass is 338 g/mol. The predicted molar refractivity (Wildman–Crippen MR) is 74.9 cm³/mol. The fourth-order valence-corrected chi connectivity index (χ4v) is 3.82. The van der Waals surface area contributed by atoms with Gasteiger partial charge in [0.15, 0.2) is 11.6 Å². The largest absolute Gasteiger partial charge is 0.489 e. The smallest absolute Gasteiger partial charge is 0.173 e. The molecular formula is C15H15BrO4. The first kappa shape index (κ1) is 12.8. The summed E-state index contributed by atoms with van der Waals surface area (Å²) in [5.41, 5.74) is 0.685. The summed E-state index contributed by atoms with van der Waals surface area (Å²) in [7, 11) is 0. The maximum absolute atomic E-state index is 12.6. The van der Waals surface area contributed by atoms with Gasteiger partial charge in [-0.1, -0.05) is 15.9 Å². The lowest BCUT2D eigenvalue weighted by atomic mass is 9.77. The molecule has 1 saturated carbocycles.